The Morgan fingerprint density at radius 1 is 1.00 bits per heavy atom. The lowest BCUT2D eigenvalue weighted by Gasteiger charge is -2.29. The molecule has 0 saturated heterocycles. The van der Waals surface area contributed by atoms with Gasteiger partial charge in [-0.3, -0.25) is 4.98 Å². The van der Waals surface area contributed by atoms with E-state index < -0.39 is 0 Å². The lowest BCUT2D eigenvalue weighted by Crippen LogP contribution is -2.37. The third-order valence-corrected chi connectivity index (χ3v) is 4.98. The molecule has 2 saturated carbocycles. The SMILES string of the molecule is c1cc2cc(O[C@H]3CC[C@H](NCC4CC4)CC3)ccc2cn1. The zero-order valence-corrected chi connectivity index (χ0v) is 13.0. The van der Waals surface area contributed by atoms with Gasteiger partial charge in [0, 0.05) is 23.8 Å². The highest BCUT2D eigenvalue weighted by molar-refractivity contribution is 5.82. The summed E-state index contributed by atoms with van der Waals surface area (Å²) >= 11 is 0. The first kappa shape index (κ1) is 14.0. The first-order valence-corrected chi connectivity index (χ1v) is 8.60. The van der Waals surface area contributed by atoms with Crippen molar-refractivity contribution in [2.24, 2.45) is 5.92 Å². The van der Waals surface area contributed by atoms with Gasteiger partial charge in [-0.25, -0.2) is 0 Å². The molecular formula is C19H24N2O. The first-order valence-electron chi connectivity index (χ1n) is 8.60. The van der Waals surface area contributed by atoms with Crippen LogP contribution in [-0.2, 0) is 0 Å². The van der Waals surface area contributed by atoms with Crippen molar-refractivity contribution in [1.29, 1.82) is 0 Å². The maximum Gasteiger partial charge on any atom is 0.120 e. The Morgan fingerprint density at radius 2 is 1.86 bits per heavy atom. The summed E-state index contributed by atoms with van der Waals surface area (Å²) in [5.41, 5.74) is 0. The lowest BCUT2D eigenvalue weighted by atomic mass is 9.93. The van der Waals surface area contributed by atoms with Gasteiger partial charge >= 0.3 is 0 Å². The van der Waals surface area contributed by atoms with Gasteiger partial charge in [-0.1, -0.05) is 0 Å². The molecule has 3 heteroatoms. The minimum Gasteiger partial charge on any atom is -0.490 e. The van der Waals surface area contributed by atoms with Crippen LogP contribution >= 0.6 is 0 Å². The molecule has 2 fully saturated rings. The minimum atomic E-state index is 0.373. The number of benzene rings is 1. The molecule has 0 bridgehead atoms. The Morgan fingerprint density at radius 3 is 2.68 bits per heavy atom. The maximum absolute atomic E-state index is 6.20. The van der Waals surface area contributed by atoms with Crippen molar-refractivity contribution in [2.75, 3.05) is 6.54 Å². The fourth-order valence-corrected chi connectivity index (χ4v) is 3.37. The Bertz CT molecular complexity index is 630. The van der Waals surface area contributed by atoms with Crippen molar-refractivity contribution in [3.05, 3.63) is 36.7 Å². The second kappa shape index (κ2) is 6.25. The molecule has 2 aliphatic rings. The number of nitrogens with one attached hydrogen (secondary N) is 1. The summed E-state index contributed by atoms with van der Waals surface area (Å²) in [6.45, 7) is 1.23. The minimum absolute atomic E-state index is 0.373. The molecule has 0 radical (unpaired) electrons. The largest absolute Gasteiger partial charge is 0.490 e. The van der Waals surface area contributed by atoms with E-state index in [0.717, 1.165) is 24.5 Å². The average Bonchev–Trinajstić information content (AvgIpc) is 3.38. The van der Waals surface area contributed by atoms with Crippen molar-refractivity contribution in [3.63, 3.8) is 0 Å². The third-order valence-electron chi connectivity index (χ3n) is 4.98. The zero-order valence-electron chi connectivity index (χ0n) is 13.0. The number of pyridine rings is 1. The number of rotatable bonds is 5. The molecule has 3 nitrogen and oxygen atoms in total. The number of aromatic nitrogens is 1. The molecule has 0 atom stereocenters. The van der Waals surface area contributed by atoms with Gasteiger partial charge in [-0.15, -0.1) is 0 Å². The molecule has 2 aliphatic carbocycles. The number of hydrogen-bond donors (Lipinski definition) is 1. The van der Waals surface area contributed by atoms with Gasteiger partial charge in [0.15, 0.2) is 0 Å². The molecule has 22 heavy (non-hydrogen) atoms. The van der Waals surface area contributed by atoms with Crippen molar-refractivity contribution in [1.82, 2.24) is 10.3 Å². The Kier molecular flexibility index (Phi) is 3.98. The van der Waals surface area contributed by atoms with Crippen molar-refractivity contribution >= 4 is 10.8 Å². The van der Waals surface area contributed by atoms with Crippen LogP contribution in [0.15, 0.2) is 36.7 Å². The highest BCUT2D eigenvalue weighted by Gasteiger charge is 2.25. The molecule has 4 rings (SSSR count). The third kappa shape index (κ3) is 3.41. The van der Waals surface area contributed by atoms with Gasteiger partial charge in [0.25, 0.3) is 0 Å². The second-order valence-corrected chi connectivity index (χ2v) is 6.83. The summed E-state index contributed by atoms with van der Waals surface area (Å²) in [6, 6.07) is 9.06. The highest BCUT2D eigenvalue weighted by atomic mass is 16.5. The average molecular weight is 296 g/mol. The summed E-state index contributed by atoms with van der Waals surface area (Å²) in [5.74, 6) is 1.97. The molecular weight excluding hydrogens is 272 g/mol. The molecule has 1 aromatic carbocycles. The van der Waals surface area contributed by atoms with Crippen LogP contribution in [-0.4, -0.2) is 23.7 Å². The number of nitrogens with zero attached hydrogens (tertiary/aromatic N) is 1. The molecule has 0 aliphatic heterocycles. The van der Waals surface area contributed by atoms with E-state index in [-0.39, 0.29) is 0 Å². The monoisotopic (exact) mass is 296 g/mol. The fraction of sp³-hybridized carbons (Fsp3) is 0.526. The van der Waals surface area contributed by atoms with E-state index >= 15 is 0 Å². The van der Waals surface area contributed by atoms with E-state index in [1.165, 1.54) is 43.0 Å². The molecule has 0 spiro atoms. The van der Waals surface area contributed by atoms with E-state index in [2.05, 4.69) is 28.5 Å². The number of fused-ring (bicyclic) bond motifs is 1. The second-order valence-electron chi connectivity index (χ2n) is 6.83. The molecule has 1 N–H and O–H groups in total. The van der Waals surface area contributed by atoms with Crippen LogP contribution in [0.4, 0.5) is 0 Å². The molecule has 0 unspecified atom stereocenters. The molecule has 1 heterocycles. The van der Waals surface area contributed by atoms with Gasteiger partial charge in [0.2, 0.25) is 0 Å². The van der Waals surface area contributed by atoms with Gasteiger partial charge in [0.05, 0.1) is 6.10 Å². The van der Waals surface area contributed by atoms with Gasteiger partial charge in [-0.2, -0.15) is 0 Å². The van der Waals surface area contributed by atoms with E-state index in [1.54, 1.807) is 0 Å². The van der Waals surface area contributed by atoms with Crippen LogP contribution in [0.25, 0.3) is 10.8 Å². The normalized spacial score (nSPS) is 25.3. The molecule has 1 aromatic heterocycles. The number of ether oxygens (including phenoxy) is 1. The van der Waals surface area contributed by atoms with Crippen LogP contribution in [0.2, 0.25) is 0 Å². The molecule has 0 amide bonds. The summed E-state index contributed by atoms with van der Waals surface area (Å²) < 4.78 is 6.20. The van der Waals surface area contributed by atoms with Crippen LogP contribution < -0.4 is 10.1 Å². The zero-order chi connectivity index (χ0) is 14.8. The Hall–Kier alpha value is -1.61. The fourth-order valence-electron chi connectivity index (χ4n) is 3.37. The van der Waals surface area contributed by atoms with Crippen LogP contribution in [0.3, 0.4) is 0 Å². The van der Waals surface area contributed by atoms with Crippen molar-refractivity contribution in [3.8, 4) is 5.75 Å². The molecule has 116 valence electrons. The van der Waals surface area contributed by atoms with E-state index in [0.29, 0.717) is 12.1 Å². The van der Waals surface area contributed by atoms with E-state index in [1.807, 2.05) is 18.5 Å². The lowest BCUT2D eigenvalue weighted by molar-refractivity contribution is 0.139. The highest BCUT2D eigenvalue weighted by Crippen LogP contribution is 2.29. The van der Waals surface area contributed by atoms with Crippen molar-refractivity contribution < 1.29 is 4.74 Å². The van der Waals surface area contributed by atoms with Crippen LogP contribution in [0.5, 0.6) is 5.75 Å². The van der Waals surface area contributed by atoms with Gasteiger partial charge in [0.1, 0.15) is 5.75 Å². The topological polar surface area (TPSA) is 34.1 Å². The standard InChI is InChI=1S/C19H24N2O/c1-2-14(1)12-21-17-4-7-18(8-5-17)22-19-6-3-16-13-20-10-9-15(16)11-19/h3,6,9-11,13-14,17-18,21H,1-2,4-5,7-8,12H2/t17-,18-. The van der Waals surface area contributed by atoms with E-state index in [4.69, 9.17) is 4.74 Å². The first-order chi connectivity index (χ1) is 10.9. The quantitative estimate of drug-likeness (QED) is 0.908. The smallest absolute Gasteiger partial charge is 0.120 e. The van der Waals surface area contributed by atoms with Gasteiger partial charge < -0.3 is 10.1 Å². The summed E-state index contributed by atoms with van der Waals surface area (Å²) in [4.78, 5) is 4.15. The predicted octanol–water partition coefficient (Wildman–Crippen LogP) is 3.92. The maximum atomic E-state index is 6.20. The predicted molar refractivity (Wildman–Crippen MR) is 89.1 cm³/mol. The summed E-state index contributed by atoms with van der Waals surface area (Å²) in [5, 5.41) is 6.10. The van der Waals surface area contributed by atoms with Crippen LogP contribution in [0.1, 0.15) is 38.5 Å². The number of hydrogen-bond acceptors (Lipinski definition) is 3. The Balaban J connectivity index is 1.31. The summed E-state index contributed by atoms with van der Waals surface area (Å²) in [7, 11) is 0. The molecule has 2 aromatic rings. The summed E-state index contributed by atoms with van der Waals surface area (Å²) in [6.07, 6.45) is 11.8. The van der Waals surface area contributed by atoms with Gasteiger partial charge in [-0.05, 0) is 80.6 Å². The van der Waals surface area contributed by atoms with E-state index in [9.17, 15) is 0 Å². The Labute approximate surface area is 132 Å². The van der Waals surface area contributed by atoms with Crippen molar-refractivity contribution in [2.45, 2.75) is 50.7 Å². The van der Waals surface area contributed by atoms with Crippen LogP contribution in [0, 0.1) is 5.92 Å².